The van der Waals surface area contributed by atoms with Gasteiger partial charge >= 0.3 is 0 Å². The fourth-order valence-electron chi connectivity index (χ4n) is 2.82. The Labute approximate surface area is 115 Å². The molecule has 1 aromatic carbocycles. The maximum Gasteiger partial charge on any atom is 0.0471 e. The molecule has 1 aliphatic rings. The Morgan fingerprint density at radius 2 is 2.22 bits per heavy atom. The molecule has 0 amide bonds. The minimum absolute atomic E-state index is 0.684. The van der Waals surface area contributed by atoms with Gasteiger partial charge in [0.1, 0.15) is 0 Å². The smallest absolute Gasteiger partial charge is 0.0471 e. The van der Waals surface area contributed by atoms with Crippen molar-refractivity contribution in [2.45, 2.75) is 45.7 Å². The minimum atomic E-state index is 0.684. The topological polar surface area (TPSA) is 15.3 Å². The Bertz CT molecular complexity index is 392. The van der Waals surface area contributed by atoms with Gasteiger partial charge in [-0.25, -0.2) is 0 Å². The molecule has 100 valence electrons. The van der Waals surface area contributed by atoms with Crippen molar-refractivity contribution >= 4 is 17.3 Å². The summed E-state index contributed by atoms with van der Waals surface area (Å²) in [4.78, 5) is 2.54. The molecule has 0 bridgehead atoms. The molecule has 0 spiro atoms. The van der Waals surface area contributed by atoms with Gasteiger partial charge in [-0.15, -0.1) is 0 Å². The number of anilines is 1. The maximum atomic E-state index is 6.37. The Kier molecular flexibility index (Phi) is 4.90. The van der Waals surface area contributed by atoms with Crippen LogP contribution in [0, 0.1) is 0 Å². The van der Waals surface area contributed by atoms with E-state index in [-0.39, 0.29) is 0 Å². The molecule has 0 saturated carbocycles. The molecule has 2 nitrogen and oxygen atoms in total. The van der Waals surface area contributed by atoms with Gasteiger partial charge in [0.25, 0.3) is 0 Å². The van der Waals surface area contributed by atoms with Crippen LogP contribution >= 0.6 is 11.6 Å². The molecule has 0 radical (unpaired) electrons. The molecule has 2 rings (SSSR count). The van der Waals surface area contributed by atoms with Crippen LogP contribution in [0.3, 0.4) is 0 Å². The minimum Gasteiger partial charge on any atom is -0.368 e. The summed E-state index contributed by atoms with van der Waals surface area (Å²) in [5, 5.41) is 4.28. The van der Waals surface area contributed by atoms with Gasteiger partial charge in [-0.2, -0.15) is 0 Å². The molecular weight excluding hydrogens is 244 g/mol. The van der Waals surface area contributed by atoms with Crippen LogP contribution in [0.25, 0.3) is 0 Å². The summed E-state index contributed by atoms with van der Waals surface area (Å²) >= 11 is 6.37. The van der Waals surface area contributed by atoms with Crippen LogP contribution in [0.4, 0.5) is 5.69 Å². The molecule has 1 heterocycles. The zero-order valence-electron chi connectivity index (χ0n) is 11.4. The van der Waals surface area contributed by atoms with Gasteiger partial charge < -0.3 is 10.2 Å². The molecule has 1 aliphatic heterocycles. The average Bonchev–Trinajstić information content (AvgIpc) is 2.85. The SMILES string of the molecule is CCNCc1c(Cl)cccc1N1CCCC1CC. The first kappa shape index (κ1) is 13.7. The van der Waals surface area contributed by atoms with Gasteiger partial charge in [0, 0.05) is 35.4 Å². The summed E-state index contributed by atoms with van der Waals surface area (Å²) in [6.07, 6.45) is 3.82. The van der Waals surface area contributed by atoms with E-state index in [1.54, 1.807) is 0 Å². The summed E-state index contributed by atoms with van der Waals surface area (Å²) in [6.45, 7) is 7.40. The average molecular weight is 267 g/mol. The van der Waals surface area contributed by atoms with Crippen LogP contribution in [-0.2, 0) is 6.54 Å². The van der Waals surface area contributed by atoms with E-state index in [0.29, 0.717) is 6.04 Å². The van der Waals surface area contributed by atoms with Crippen LogP contribution < -0.4 is 10.2 Å². The third-order valence-corrected chi connectivity index (χ3v) is 4.16. The molecule has 1 fully saturated rings. The standard InChI is InChI=1S/C15H23ClN2/c1-3-12-7-6-10-18(12)15-9-5-8-14(16)13(15)11-17-4-2/h5,8-9,12,17H,3-4,6-7,10-11H2,1-2H3. The summed E-state index contributed by atoms with van der Waals surface area (Å²) in [7, 11) is 0. The van der Waals surface area contributed by atoms with E-state index in [1.807, 2.05) is 6.07 Å². The molecule has 3 heteroatoms. The maximum absolute atomic E-state index is 6.37. The second kappa shape index (κ2) is 6.44. The third-order valence-electron chi connectivity index (χ3n) is 3.80. The highest BCUT2D eigenvalue weighted by Crippen LogP contribution is 2.33. The quantitative estimate of drug-likeness (QED) is 0.871. The van der Waals surface area contributed by atoms with E-state index in [2.05, 4.69) is 36.2 Å². The molecule has 0 aromatic heterocycles. The summed E-state index contributed by atoms with van der Waals surface area (Å²) < 4.78 is 0. The lowest BCUT2D eigenvalue weighted by Crippen LogP contribution is -2.30. The Morgan fingerprint density at radius 3 is 2.94 bits per heavy atom. The van der Waals surface area contributed by atoms with Crippen molar-refractivity contribution in [3.05, 3.63) is 28.8 Å². The summed E-state index contributed by atoms with van der Waals surface area (Å²) in [5.41, 5.74) is 2.58. The van der Waals surface area contributed by atoms with E-state index in [4.69, 9.17) is 11.6 Å². The first-order valence-corrected chi connectivity index (χ1v) is 7.40. The lowest BCUT2D eigenvalue weighted by Gasteiger charge is -2.28. The molecule has 1 unspecified atom stereocenters. The Balaban J connectivity index is 2.28. The highest BCUT2D eigenvalue weighted by molar-refractivity contribution is 6.31. The number of nitrogens with one attached hydrogen (secondary N) is 1. The van der Waals surface area contributed by atoms with Gasteiger partial charge in [-0.1, -0.05) is 31.5 Å². The molecular formula is C15H23ClN2. The largest absolute Gasteiger partial charge is 0.368 e. The molecule has 0 aliphatic carbocycles. The van der Waals surface area contributed by atoms with Crippen molar-refractivity contribution in [1.29, 1.82) is 0 Å². The predicted octanol–water partition coefficient (Wildman–Crippen LogP) is 3.83. The van der Waals surface area contributed by atoms with E-state index < -0.39 is 0 Å². The van der Waals surface area contributed by atoms with Crippen molar-refractivity contribution in [3.63, 3.8) is 0 Å². The summed E-state index contributed by atoms with van der Waals surface area (Å²) in [6, 6.07) is 6.96. The van der Waals surface area contributed by atoms with Crippen molar-refractivity contribution < 1.29 is 0 Å². The highest BCUT2D eigenvalue weighted by Gasteiger charge is 2.25. The van der Waals surface area contributed by atoms with Gasteiger partial charge in [-0.3, -0.25) is 0 Å². The first-order chi connectivity index (χ1) is 8.77. The predicted molar refractivity (Wildman–Crippen MR) is 79.5 cm³/mol. The molecule has 18 heavy (non-hydrogen) atoms. The second-order valence-electron chi connectivity index (χ2n) is 4.92. The van der Waals surface area contributed by atoms with Crippen LogP contribution in [0.1, 0.15) is 38.7 Å². The summed E-state index contributed by atoms with van der Waals surface area (Å²) in [5.74, 6) is 0. The van der Waals surface area contributed by atoms with Crippen LogP contribution in [0.15, 0.2) is 18.2 Å². The monoisotopic (exact) mass is 266 g/mol. The van der Waals surface area contributed by atoms with Gasteiger partial charge in [0.05, 0.1) is 0 Å². The molecule has 1 aromatic rings. The molecule has 1 atom stereocenters. The Morgan fingerprint density at radius 1 is 1.39 bits per heavy atom. The van der Waals surface area contributed by atoms with Gasteiger partial charge in [0.2, 0.25) is 0 Å². The lowest BCUT2D eigenvalue weighted by molar-refractivity contribution is 0.640. The number of hydrogen-bond acceptors (Lipinski definition) is 2. The van der Waals surface area contributed by atoms with Crippen LogP contribution in [-0.4, -0.2) is 19.1 Å². The highest BCUT2D eigenvalue weighted by atomic mass is 35.5. The second-order valence-corrected chi connectivity index (χ2v) is 5.32. The fraction of sp³-hybridized carbons (Fsp3) is 0.600. The van der Waals surface area contributed by atoms with Crippen molar-refractivity contribution in [1.82, 2.24) is 5.32 Å². The van der Waals surface area contributed by atoms with E-state index in [9.17, 15) is 0 Å². The van der Waals surface area contributed by atoms with E-state index >= 15 is 0 Å². The van der Waals surface area contributed by atoms with Crippen molar-refractivity contribution in [2.24, 2.45) is 0 Å². The number of hydrogen-bond donors (Lipinski definition) is 1. The first-order valence-electron chi connectivity index (χ1n) is 7.02. The number of rotatable bonds is 5. The van der Waals surface area contributed by atoms with E-state index in [1.165, 1.54) is 30.5 Å². The van der Waals surface area contributed by atoms with Crippen LogP contribution in [0.5, 0.6) is 0 Å². The molecule has 1 saturated heterocycles. The lowest BCUT2D eigenvalue weighted by atomic mass is 10.1. The van der Waals surface area contributed by atoms with E-state index in [0.717, 1.165) is 24.7 Å². The number of benzene rings is 1. The van der Waals surface area contributed by atoms with Gasteiger partial charge in [-0.05, 0) is 37.9 Å². The van der Waals surface area contributed by atoms with Crippen molar-refractivity contribution in [2.75, 3.05) is 18.0 Å². The fourth-order valence-corrected chi connectivity index (χ4v) is 3.06. The van der Waals surface area contributed by atoms with Crippen LogP contribution in [0.2, 0.25) is 5.02 Å². The van der Waals surface area contributed by atoms with Gasteiger partial charge in [0.15, 0.2) is 0 Å². The third kappa shape index (κ3) is 2.81. The number of halogens is 1. The zero-order chi connectivity index (χ0) is 13.0. The Hall–Kier alpha value is -0.730. The normalized spacial score (nSPS) is 19.5. The zero-order valence-corrected chi connectivity index (χ0v) is 12.1. The van der Waals surface area contributed by atoms with Crippen molar-refractivity contribution in [3.8, 4) is 0 Å². The number of nitrogens with zero attached hydrogens (tertiary/aromatic N) is 1. The molecule has 1 N–H and O–H groups in total.